The van der Waals surface area contributed by atoms with E-state index < -0.39 is 17.8 Å². The minimum absolute atomic E-state index is 0.192. The average Bonchev–Trinajstić information content (AvgIpc) is 2.77. The summed E-state index contributed by atoms with van der Waals surface area (Å²) in [4.78, 5) is 19.1. The van der Waals surface area contributed by atoms with Crippen molar-refractivity contribution in [2.45, 2.75) is 18.8 Å². The molecule has 1 saturated heterocycles. The second kappa shape index (κ2) is 8.16. The number of aliphatic hydroxyl groups excluding tert-OH is 1. The summed E-state index contributed by atoms with van der Waals surface area (Å²) in [5.74, 6) is -0.0397. The highest BCUT2D eigenvalue weighted by Crippen LogP contribution is 2.32. The number of halogens is 3. The van der Waals surface area contributed by atoms with Crippen molar-refractivity contribution in [2.24, 2.45) is 0 Å². The number of nitrogens with two attached hydrogens (primary N) is 1. The standard InChI is InChI=1S/C22H20F3N3O3/c23-22(24,25)17-4-1-13(2-5-17)19-12-31-8-7-28(19)21(30)14-3-6-18-15(9-14)10-16(11-29)20(26)27-18/h1-6,9-10,19,29H,7-8,11-12H2,(H2,26,27). The highest BCUT2D eigenvalue weighted by Gasteiger charge is 2.32. The maximum absolute atomic E-state index is 13.3. The summed E-state index contributed by atoms with van der Waals surface area (Å²) in [5, 5.41) is 10.1. The Morgan fingerprint density at radius 1 is 1.19 bits per heavy atom. The van der Waals surface area contributed by atoms with Crippen molar-refractivity contribution < 1.29 is 27.8 Å². The molecule has 1 aliphatic rings. The molecule has 1 atom stereocenters. The van der Waals surface area contributed by atoms with Gasteiger partial charge in [0.15, 0.2) is 0 Å². The predicted molar refractivity (Wildman–Crippen MR) is 108 cm³/mol. The van der Waals surface area contributed by atoms with Crippen LogP contribution in [-0.4, -0.2) is 40.7 Å². The fourth-order valence-electron chi connectivity index (χ4n) is 3.68. The molecule has 2 aromatic carbocycles. The summed E-state index contributed by atoms with van der Waals surface area (Å²) in [5.41, 5.74) is 7.08. The number of carbonyl (C=O) groups is 1. The molecule has 3 N–H and O–H groups in total. The van der Waals surface area contributed by atoms with Crippen molar-refractivity contribution in [2.75, 3.05) is 25.5 Å². The first-order valence-electron chi connectivity index (χ1n) is 9.64. The molecule has 4 rings (SSSR count). The fraction of sp³-hybridized carbons (Fsp3) is 0.273. The predicted octanol–water partition coefficient (Wildman–Crippen LogP) is 3.54. The van der Waals surface area contributed by atoms with Gasteiger partial charge in [0.1, 0.15) is 5.82 Å². The zero-order valence-corrected chi connectivity index (χ0v) is 16.4. The number of amides is 1. The van der Waals surface area contributed by atoms with Crippen LogP contribution in [0.15, 0.2) is 48.5 Å². The Labute approximate surface area is 176 Å². The third-order valence-electron chi connectivity index (χ3n) is 5.36. The lowest BCUT2D eigenvalue weighted by molar-refractivity contribution is -0.137. The first kappa shape index (κ1) is 21.1. The molecular weight excluding hydrogens is 411 g/mol. The van der Waals surface area contributed by atoms with Crippen LogP contribution in [0.3, 0.4) is 0 Å². The van der Waals surface area contributed by atoms with Crippen molar-refractivity contribution in [3.05, 3.63) is 70.8 Å². The van der Waals surface area contributed by atoms with Gasteiger partial charge in [-0.2, -0.15) is 13.2 Å². The van der Waals surface area contributed by atoms with Gasteiger partial charge < -0.3 is 20.5 Å². The van der Waals surface area contributed by atoms with Crippen LogP contribution in [0.5, 0.6) is 0 Å². The molecule has 0 spiro atoms. The Morgan fingerprint density at radius 3 is 2.61 bits per heavy atom. The minimum Gasteiger partial charge on any atom is -0.392 e. The smallest absolute Gasteiger partial charge is 0.392 e. The lowest BCUT2D eigenvalue weighted by atomic mass is 10.0. The molecular formula is C22H20F3N3O3. The highest BCUT2D eigenvalue weighted by atomic mass is 19.4. The first-order valence-corrected chi connectivity index (χ1v) is 9.64. The van der Waals surface area contributed by atoms with Crippen molar-refractivity contribution in [1.29, 1.82) is 0 Å². The van der Waals surface area contributed by atoms with Crippen LogP contribution >= 0.6 is 0 Å². The van der Waals surface area contributed by atoms with E-state index >= 15 is 0 Å². The van der Waals surface area contributed by atoms with Gasteiger partial charge in [0, 0.05) is 23.1 Å². The van der Waals surface area contributed by atoms with E-state index in [1.165, 1.54) is 12.1 Å². The summed E-state index contributed by atoms with van der Waals surface area (Å²) in [7, 11) is 0. The second-order valence-corrected chi connectivity index (χ2v) is 7.31. The summed E-state index contributed by atoms with van der Waals surface area (Å²) >= 11 is 0. The summed E-state index contributed by atoms with van der Waals surface area (Å²) in [6, 6.07) is 10.9. The monoisotopic (exact) mass is 431 g/mol. The van der Waals surface area contributed by atoms with Gasteiger partial charge >= 0.3 is 6.18 Å². The van der Waals surface area contributed by atoms with E-state index in [4.69, 9.17) is 10.5 Å². The van der Waals surface area contributed by atoms with E-state index in [2.05, 4.69) is 4.98 Å². The maximum Gasteiger partial charge on any atom is 0.416 e. The van der Waals surface area contributed by atoms with E-state index in [0.717, 1.165) is 12.1 Å². The maximum atomic E-state index is 13.3. The summed E-state index contributed by atoms with van der Waals surface area (Å²) in [6.07, 6.45) is -4.42. The molecule has 1 unspecified atom stereocenters. The number of pyridine rings is 1. The van der Waals surface area contributed by atoms with Gasteiger partial charge in [-0.3, -0.25) is 4.79 Å². The lowest BCUT2D eigenvalue weighted by Gasteiger charge is -2.36. The topological polar surface area (TPSA) is 88.7 Å². The molecule has 0 radical (unpaired) electrons. The van der Waals surface area contributed by atoms with E-state index in [0.29, 0.717) is 40.7 Å². The highest BCUT2D eigenvalue weighted by molar-refractivity contribution is 5.98. The molecule has 0 aliphatic carbocycles. The number of nitrogen functional groups attached to an aromatic ring is 1. The number of ether oxygens (including phenoxy) is 1. The van der Waals surface area contributed by atoms with Crippen LogP contribution in [0.2, 0.25) is 0 Å². The SMILES string of the molecule is Nc1nc2ccc(C(=O)N3CCOCC3c3ccc(C(F)(F)F)cc3)cc2cc1CO. The number of aliphatic hydroxyl groups is 1. The van der Waals surface area contributed by atoms with E-state index in [1.54, 1.807) is 29.2 Å². The zero-order valence-electron chi connectivity index (χ0n) is 16.4. The summed E-state index contributed by atoms with van der Waals surface area (Å²) < 4.78 is 44.1. The molecule has 1 fully saturated rings. The number of aromatic nitrogens is 1. The Bertz CT molecular complexity index is 1120. The van der Waals surface area contributed by atoms with Gasteiger partial charge in [-0.1, -0.05) is 12.1 Å². The zero-order chi connectivity index (χ0) is 22.2. The number of morpholine rings is 1. The lowest BCUT2D eigenvalue weighted by Crippen LogP contribution is -2.43. The first-order chi connectivity index (χ1) is 14.8. The number of fused-ring (bicyclic) bond motifs is 1. The molecule has 31 heavy (non-hydrogen) atoms. The van der Waals surface area contributed by atoms with Crippen LogP contribution in [0.25, 0.3) is 10.9 Å². The third kappa shape index (κ3) is 4.19. The normalized spacial score (nSPS) is 17.2. The van der Waals surface area contributed by atoms with Crippen molar-refractivity contribution >= 4 is 22.6 Å². The Kier molecular flexibility index (Phi) is 5.55. The number of nitrogens with zero attached hydrogens (tertiary/aromatic N) is 2. The van der Waals surface area contributed by atoms with Gasteiger partial charge in [0.2, 0.25) is 0 Å². The Morgan fingerprint density at radius 2 is 1.94 bits per heavy atom. The number of hydrogen-bond donors (Lipinski definition) is 2. The Balaban J connectivity index is 1.65. The van der Waals surface area contributed by atoms with Gasteiger partial charge in [-0.05, 0) is 42.0 Å². The van der Waals surface area contributed by atoms with Crippen molar-refractivity contribution in [1.82, 2.24) is 9.88 Å². The van der Waals surface area contributed by atoms with Gasteiger partial charge in [-0.25, -0.2) is 4.98 Å². The van der Waals surface area contributed by atoms with Gasteiger partial charge in [0.25, 0.3) is 5.91 Å². The number of carbonyl (C=O) groups excluding carboxylic acids is 1. The van der Waals surface area contributed by atoms with Crippen LogP contribution in [0.4, 0.5) is 19.0 Å². The average molecular weight is 431 g/mol. The number of alkyl halides is 3. The van der Waals surface area contributed by atoms with Gasteiger partial charge in [-0.15, -0.1) is 0 Å². The molecule has 0 saturated carbocycles. The molecule has 6 nitrogen and oxygen atoms in total. The van der Waals surface area contributed by atoms with E-state index in [-0.39, 0.29) is 24.9 Å². The molecule has 1 aromatic heterocycles. The number of benzene rings is 2. The quantitative estimate of drug-likeness (QED) is 0.662. The number of anilines is 1. The third-order valence-corrected chi connectivity index (χ3v) is 5.36. The van der Waals surface area contributed by atoms with Crippen LogP contribution in [-0.2, 0) is 17.5 Å². The van der Waals surface area contributed by atoms with Crippen molar-refractivity contribution in [3.8, 4) is 0 Å². The van der Waals surface area contributed by atoms with Crippen LogP contribution < -0.4 is 5.73 Å². The van der Waals surface area contributed by atoms with Crippen molar-refractivity contribution in [3.63, 3.8) is 0 Å². The Hall–Kier alpha value is -3.17. The van der Waals surface area contributed by atoms with Crippen LogP contribution in [0, 0.1) is 0 Å². The minimum atomic E-state index is -4.42. The van der Waals surface area contributed by atoms with Crippen LogP contribution in [0.1, 0.15) is 33.1 Å². The largest absolute Gasteiger partial charge is 0.416 e. The molecule has 3 aromatic rings. The molecule has 2 heterocycles. The molecule has 9 heteroatoms. The molecule has 1 aliphatic heterocycles. The van der Waals surface area contributed by atoms with E-state index in [9.17, 15) is 23.1 Å². The number of rotatable bonds is 3. The van der Waals surface area contributed by atoms with Gasteiger partial charge in [0.05, 0.1) is 36.9 Å². The molecule has 1 amide bonds. The second-order valence-electron chi connectivity index (χ2n) is 7.31. The molecule has 162 valence electrons. The molecule has 0 bridgehead atoms. The van der Waals surface area contributed by atoms with E-state index in [1.807, 2.05) is 0 Å². The fourth-order valence-corrected chi connectivity index (χ4v) is 3.68. The number of hydrogen-bond acceptors (Lipinski definition) is 5. The summed E-state index contributed by atoms with van der Waals surface area (Å²) in [6.45, 7) is 0.567.